The summed E-state index contributed by atoms with van der Waals surface area (Å²) >= 11 is 4.96. The van der Waals surface area contributed by atoms with E-state index in [0.717, 1.165) is 5.56 Å². The van der Waals surface area contributed by atoms with Crippen LogP contribution in [0.15, 0.2) is 18.2 Å². The van der Waals surface area contributed by atoms with E-state index in [-0.39, 0.29) is 0 Å². The summed E-state index contributed by atoms with van der Waals surface area (Å²) in [6.45, 7) is 2.78. The molecule has 17 heavy (non-hydrogen) atoms. The van der Waals surface area contributed by atoms with E-state index in [1.165, 1.54) is 36.8 Å². The molecule has 0 heterocycles. The van der Waals surface area contributed by atoms with Crippen molar-refractivity contribution in [3.05, 3.63) is 34.9 Å². The van der Waals surface area contributed by atoms with Crippen molar-refractivity contribution in [2.45, 2.75) is 45.3 Å². The van der Waals surface area contributed by atoms with E-state index in [9.17, 15) is 0 Å². The van der Waals surface area contributed by atoms with Crippen molar-refractivity contribution in [2.75, 3.05) is 0 Å². The molecule has 0 bridgehead atoms. The molecule has 0 saturated heterocycles. The van der Waals surface area contributed by atoms with Gasteiger partial charge in [-0.1, -0.05) is 37.2 Å². The maximum atomic E-state index is 5.91. The van der Waals surface area contributed by atoms with Crippen LogP contribution in [-0.2, 0) is 11.3 Å². The van der Waals surface area contributed by atoms with Crippen molar-refractivity contribution >= 4 is 17.2 Å². The van der Waals surface area contributed by atoms with E-state index in [1.54, 1.807) is 0 Å². The fourth-order valence-corrected chi connectivity index (χ4v) is 2.40. The summed E-state index contributed by atoms with van der Waals surface area (Å²) in [7, 11) is 0. The average molecular weight is 249 g/mol. The molecule has 1 aromatic carbocycles. The third-order valence-electron chi connectivity index (χ3n) is 3.40. The van der Waals surface area contributed by atoms with Crippen molar-refractivity contribution in [3.63, 3.8) is 0 Å². The molecule has 2 N–H and O–H groups in total. The summed E-state index contributed by atoms with van der Waals surface area (Å²) in [5.41, 5.74) is 8.97. The number of rotatable bonds is 4. The van der Waals surface area contributed by atoms with Crippen LogP contribution in [0, 0.1) is 6.92 Å². The Labute approximate surface area is 108 Å². The third kappa shape index (κ3) is 3.27. The Morgan fingerprint density at radius 1 is 1.41 bits per heavy atom. The second-order valence-electron chi connectivity index (χ2n) is 4.72. The first kappa shape index (κ1) is 12.5. The zero-order chi connectivity index (χ0) is 12.3. The van der Waals surface area contributed by atoms with Crippen molar-refractivity contribution in [1.82, 2.24) is 0 Å². The van der Waals surface area contributed by atoms with Gasteiger partial charge in [-0.05, 0) is 37.0 Å². The molecule has 0 aromatic heterocycles. The number of nitrogens with two attached hydrogens (primary N) is 1. The predicted octanol–water partition coefficient (Wildman–Crippen LogP) is 3.09. The molecule has 2 nitrogen and oxygen atoms in total. The molecule has 92 valence electrons. The van der Waals surface area contributed by atoms with E-state index in [0.29, 0.717) is 17.7 Å². The Morgan fingerprint density at radius 2 is 2.12 bits per heavy atom. The molecule has 1 aliphatic carbocycles. The van der Waals surface area contributed by atoms with Gasteiger partial charge in [0.1, 0.15) is 4.99 Å². The topological polar surface area (TPSA) is 35.2 Å². The lowest BCUT2D eigenvalue weighted by Crippen LogP contribution is -2.11. The fraction of sp³-hybridized carbons (Fsp3) is 0.500. The molecule has 1 fully saturated rings. The van der Waals surface area contributed by atoms with Gasteiger partial charge in [-0.3, -0.25) is 0 Å². The molecule has 0 aliphatic heterocycles. The van der Waals surface area contributed by atoms with Gasteiger partial charge in [0.2, 0.25) is 0 Å². The van der Waals surface area contributed by atoms with E-state index in [2.05, 4.69) is 13.0 Å². The minimum absolute atomic E-state index is 0.455. The molecule has 0 unspecified atom stereocenters. The first-order valence-electron chi connectivity index (χ1n) is 6.18. The van der Waals surface area contributed by atoms with Crippen LogP contribution in [0.4, 0.5) is 0 Å². The zero-order valence-corrected chi connectivity index (χ0v) is 11.1. The Balaban J connectivity index is 1.98. The van der Waals surface area contributed by atoms with Crippen LogP contribution >= 0.6 is 12.2 Å². The molecule has 0 atom stereocenters. The normalized spacial score (nSPS) is 16.3. The molecule has 2 rings (SSSR count). The predicted molar refractivity (Wildman–Crippen MR) is 74.1 cm³/mol. The van der Waals surface area contributed by atoms with E-state index in [1.807, 2.05) is 12.1 Å². The van der Waals surface area contributed by atoms with Crippen molar-refractivity contribution in [2.24, 2.45) is 5.73 Å². The minimum Gasteiger partial charge on any atom is -0.389 e. The zero-order valence-electron chi connectivity index (χ0n) is 10.2. The highest BCUT2D eigenvalue weighted by molar-refractivity contribution is 7.80. The largest absolute Gasteiger partial charge is 0.389 e. The number of benzene rings is 1. The van der Waals surface area contributed by atoms with E-state index >= 15 is 0 Å². The highest BCUT2D eigenvalue weighted by atomic mass is 32.1. The highest BCUT2D eigenvalue weighted by Gasteiger charge is 2.15. The van der Waals surface area contributed by atoms with E-state index < -0.39 is 0 Å². The van der Waals surface area contributed by atoms with Crippen molar-refractivity contribution in [3.8, 4) is 0 Å². The third-order valence-corrected chi connectivity index (χ3v) is 3.64. The molecule has 3 heteroatoms. The van der Waals surface area contributed by atoms with Gasteiger partial charge in [0.05, 0.1) is 12.7 Å². The monoisotopic (exact) mass is 249 g/mol. The van der Waals surface area contributed by atoms with Gasteiger partial charge in [0, 0.05) is 5.56 Å². The summed E-state index contributed by atoms with van der Waals surface area (Å²) in [6, 6.07) is 6.08. The molecule has 0 amide bonds. The lowest BCUT2D eigenvalue weighted by atomic mass is 10.1. The smallest absolute Gasteiger partial charge is 0.103 e. The van der Waals surface area contributed by atoms with E-state index in [4.69, 9.17) is 22.7 Å². The van der Waals surface area contributed by atoms with Gasteiger partial charge in [-0.25, -0.2) is 0 Å². The molecule has 1 aromatic rings. The molecular weight excluding hydrogens is 230 g/mol. The molecule has 1 saturated carbocycles. The van der Waals surface area contributed by atoms with Crippen molar-refractivity contribution < 1.29 is 4.74 Å². The summed E-state index contributed by atoms with van der Waals surface area (Å²) < 4.78 is 5.91. The standard InChI is InChI=1S/C14H19NOS/c1-10-8-11(14(15)17)6-7-12(10)9-16-13-4-2-3-5-13/h6-8,13H,2-5,9H2,1H3,(H2,15,17). The summed E-state index contributed by atoms with van der Waals surface area (Å²) in [5.74, 6) is 0. The molecule has 0 radical (unpaired) electrons. The van der Waals surface area contributed by atoms with Crippen molar-refractivity contribution in [1.29, 1.82) is 0 Å². The van der Waals surface area contributed by atoms with Crippen LogP contribution in [0.3, 0.4) is 0 Å². The maximum Gasteiger partial charge on any atom is 0.103 e. The summed E-state index contributed by atoms with van der Waals surface area (Å²) in [5, 5.41) is 0. The number of hydrogen-bond acceptors (Lipinski definition) is 2. The highest BCUT2D eigenvalue weighted by Crippen LogP contribution is 2.23. The first-order valence-corrected chi connectivity index (χ1v) is 6.58. The number of ether oxygens (including phenoxy) is 1. The molecule has 0 spiro atoms. The fourth-order valence-electron chi connectivity index (χ4n) is 2.27. The lowest BCUT2D eigenvalue weighted by molar-refractivity contribution is 0.0454. The Morgan fingerprint density at radius 3 is 2.71 bits per heavy atom. The van der Waals surface area contributed by atoms with Gasteiger partial charge >= 0.3 is 0 Å². The minimum atomic E-state index is 0.455. The van der Waals surface area contributed by atoms with Crippen LogP contribution in [0.5, 0.6) is 0 Å². The maximum absolute atomic E-state index is 5.91. The summed E-state index contributed by atoms with van der Waals surface area (Å²) in [4.78, 5) is 0.455. The Hall–Kier alpha value is -0.930. The van der Waals surface area contributed by atoms with Gasteiger partial charge < -0.3 is 10.5 Å². The van der Waals surface area contributed by atoms with Gasteiger partial charge in [-0.15, -0.1) is 0 Å². The number of hydrogen-bond donors (Lipinski definition) is 1. The van der Waals surface area contributed by atoms with Gasteiger partial charge in [-0.2, -0.15) is 0 Å². The SMILES string of the molecule is Cc1cc(C(N)=S)ccc1COC1CCCC1. The Bertz CT molecular complexity index is 411. The first-order chi connectivity index (χ1) is 8.16. The summed E-state index contributed by atoms with van der Waals surface area (Å²) in [6.07, 6.45) is 5.51. The Kier molecular flexibility index (Phi) is 4.13. The number of thiocarbonyl (C=S) groups is 1. The number of aryl methyl sites for hydroxylation is 1. The van der Waals surface area contributed by atoms with Crippen LogP contribution in [0.25, 0.3) is 0 Å². The molecular formula is C14H19NOS. The second-order valence-corrected chi connectivity index (χ2v) is 5.16. The van der Waals surface area contributed by atoms with Gasteiger partial charge in [0.25, 0.3) is 0 Å². The lowest BCUT2D eigenvalue weighted by Gasteiger charge is -2.13. The quantitative estimate of drug-likeness (QED) is 0.833. The van der Waals surface area contributed by atoms with Crippen LogP contribution in [0.1, 0.15) is 42.4 Å². The van der Waals surface area contributed by atoms with Gasteiger partial charge in [0.15, 0.2) is 0 Å². The molecule has 1 aliphatic rings. The van der Waals surface area contributed by atoms with Crippen LogP contribution in [0.2, 0.25) is 0 Å². The van der Waals surface area contributed by atoms with Crippen LogP contribution < -0.4 is 5.73 Å². The average Bonchev–Trinajstić information content (AvgIpc) is 2.80. The van der Waals surface area contributed by atoms with Crippen LogP contribution in [-0.4, -0.2) is 11.1 Å². The second kappa shape index (κ2) is 5.61.